The highest BCUT2D eigenvalue weighted by Gasteiger charge is 2.17. The lowest BCUT2D eigenvalue weighted by Gasteiger charge is -2.08. The zero-order valence-corrected chi connectivity index (χ0v) is 10.5. The molecule has 2 atom stereocenters. The highest BCUT2D eigenvalue weighted by Crippen LogP contribution is 1.95. The van der Waals surface area contributed by atoms with Crippen molar-refractivity contribution in [3.63, 3.8) is 0 Å². The molecule has 0 aromatic carbocycles. The Kier molecular flexibility index (Phi) is 8.84. The summed E-state index contributed by atoms with van der Waals surface area (Å²) in [6.07, 6.45) is -0.260. The van der Waals surface area contributed by atoms with E-state index in [4.69, 9.17) is 19.1 Å². The van der Waals surface area contributed by atoms with Crippen LogP contribution in [0.3, 0.4) is 0 Å². The van der Waals surface area contributed by atoms with Crippen LogP contribution in [0.2, 0.25) is 0 Å². The molecule has 6 heteroatoms. The van der Waals surface area contributed by atoms with Gasteiger partial charge in [0.25, 0.3) is 0 Å². The molecule has 0 amide bonds. The third-order valence-electron chi connectivity index (χ3n) is 1.73. The van der Waals surface area contributed by atoms with Crippen molar-refractivity contribution in [1.29, 1.82) is 0 Å². The average molecular weight is 236 g/mol. The summed E-state index contributed by atoms with van der Waals surface area (Å²) in [7, 11) is 0. The molecule has 0 aliphatic heterocycles. The molecule has 0 radical (unpaired) electrons. The minimum absolute atomic E-state index is 0.102. The van der Waals surface area contributed by atoms with Gasteiger partial charge in [-0.25, -0.2) is 0 Å². The van der Waals surface area contributed by atoms with Crippen molar-refractivity contribution in [2.24, 2.45) is 0 Å². The van der Waals surface area contributed by atoms with E-state index in [2.05, 4.69) is 0 Å². The largest absolute Gasteiger partial charge is 0.477 e. The van der Waals surface area contributed by atoms with Crippen molar-refractivity contribution in [2.75, 3.05) is 26.4 Å². The van der Waals surface area contributed by atoms with E-state index in [0.29, 0.717) is 13.2 Å². The number of nitrogens with zero attached hydrogens (tertiary/aromatic N) is 1. The molecule has 6 nitrogen and oxygen atoms in total. The summed E-state index contributed by atoms with van der Waals surface area (Å²) in [6.45, 7) is 8.91. The smallest absolute Gasteiger partial charge is 0.375 e. The molecule has 16 heavy (non-hydrogen) atoms. The van der Waals surface area contributed by atoms with Crippen LogP contribution in [-0.4, -0.2) is 43.7 Å². The van der Waals surface area contributed by atoms with E-state index in [9.17, 15) is 4.91 Å². The second-order valence-electron chi connectivity index (χ2n) is 3.35. The van der Waals surface area contributed by atoms with Crippen LogP contribution in [-0.2, 0) is 19.1 Å². The Morgan fingerprint density at radius 2 is 1.31 bits per heavy atom. The Morgan fingerprint density at radius 1 is 0.938 bits per heavy atom. The maximum Gasteiger partial charge on any atom is 0.477 e. The molecular formula is C10H22NO5+. The summed E-state index contributed by atoms with van der Waals surface area (Å²) in [4.78, 5) is 20.5. The van der Waals surface area contributed by atoms with Gasteiger partial charge in [-0.2, -0.15) is 9.68 Å². The van der Waals surface area contributed by atoms with Gasteiger partial charge in [-0.3, -0.25) is 0 Å². The second kappa shape index (κ2) is 9.35. The highest BCUT2D eigenvalue weighted by molar-refractivity contribution is 4.43. The minimum Gasteiger partial charge on any atom is -0.375 e. The molecule has 0 heterocycles. The molecule has 0 bridgehead atoms. The Bertz CT molecular complexity index is 170. The molecule has 0 N–H and O–H groups in total. The van der Waals surface area contributed by atoms with E-state index in [0.717, 1.165) is 0 Å². The summed E-state index contributed by atoms with van der Waals surface area (Å²) in [5.74, 6) is 0. The molecule has 0 aliphatic rings. The minimum atomic E-state index is -0.130. The monoisotopic (exact) mass is 236 g/mol. The number of rotatable bonds is 10. The molecule has 0 aromatic rings. The van der Waals surface area contributed by atoms with Gasteiger partial charge in [-0.1, -0.05) is 0 Å². The lowest BCUT2D eigenvalue weighted by Crippen LogP contribution is -2.24. The molecule has 0 saturated carbocycles. The quantitative estimate of drug-likeness (QED) is 0.538. The fraction of sp³-hybridized carbons (Fsp3) is 1.00. The van der Waals surface area contributed by atoms with Crippen molar-refractivity contribution in [1.82, 2.24) is 0 Å². The van der Waals surface area contributed by atoms with Crippen LogP contribution >= 0.6 is 0 Å². The van der Waals surface area contributed by atoms with Gasteiger partial charge >= 0.3 is 5.09 Å². The Hall–Kier alpha value is -0.880. The van der Waals surface area contributed by atoms with Gasteiger partial charge in [-0.05, 0) is 27.7 Å². The molecule has 0 fully saturated rings. The molecule has 2 unspecified atom stereocenters. The molecule has 0 aliphatic carbocycles. The zero-order valence-electron chi connectivity index (χ0n) is 10.5. The van der Waals surface area contributed by atoms with E-state index in [1.165, 1.54) is 0 Å². The lowest BCUT2D eigenvalue weighted by molar-refractivity contribution is -0.982. The van der Waals surface area contributed by atoms with Crippen LogP contribution in [0.5, 0.6) is 0 Å². The maximum absolute atomic E-state index is 11.0. The van der Waals surface area contributed by atoms with Crippen LogP contribution in [0.1, 0.15) is 27.7 Å². The number of ether oxygens (including phenoxy) is 2. The summed E-state index contributed by atoms with van der Waals surface area (Å²) in [5, 5.41) is 0.102. The van der Waals surface area contributed by atoms with Crippen molar-refractivity contribution in [3.8, 4) is 0 Å². The third-order valence-corrected chi connectivity index (χ3v) is 1.73. The third kappa shape index (κ3) is 8.43. The van der Waals surface area contributed by atoms with E-state index in [-0.39, 0.29) is 30.5 Å². The SMILES string of the molecule is CCOC(C)CO[N+](=O)OCC(C)OCC. The van der Waals surface area contributed by atoms with E-state index in [1.54, 1.807) is 0 Å². The first-order valence-electron chi connectivity index (χ1n) is 5.56. The van der Waals surface area contributed by atoms with Crippen LogP contribution in [0.4, 0.5) is 0 Å². The van der Waals surface area contributed by atoms with Gasteiger partial charge in [0.2, 0.25) is 0 Å². The molecular weight excluding hydrogens is 214 g/mol. The molecule has 0 saturated heterocycles. The van der Waals surface area contributed by atoms with E-state index in [1.807, 2.05) is 27.7 Å². The van der Waals surface area contributed by atoms with Crippen LogP contribution in [0, 0.1) is 4.91 Å². The normalized spacial score (nSPS) is 14.2. The first kappa shape index (κ1) is 15.1. The van der Waals surface area contributed by atoms with Crippen molar-refractivity contribution in [3.05, 3.63) is 4.91 Å². The standard InChI is InChI=1S/C10H22NO5/c1-5-13-9(3)7-15-11(12)16-8-10(4)14-6-2/h9-10H,5-8H2,1-4H3/q+1. The number of hydrogen-bond acceptors (Lipinski definition) is 5. The van der Waals surface area contributed by atoms with Crippen molar-refractivity contribution < 1.29 is 24.2 Å². The molecule has 0 aromatic heterocycles. The summed E-state index contributed by atoms with van der Waals surface area (Å²) in [6, 6.07) is 0. The van der Waals surface area contributed by atoms with Gasteiger partial charge in [-0.15, -0.1) is 0 Å². The van der Waals surface area contributed by atoms with Gasteiger partial charge in [0.1, 0.15) is 4.91 Å². The van der Waals surface area contributed by atoms with Crippen LogP contribution in [0.15, 0.2) is 0 Å². The molecule has 0 spiro atoms. The predicted octanol–water partition coefficient (Wildman–Crippen LogP) is 1.48. The van der Waals surface area contributed by atoms with Crippen LogP contribution < -0.4 is 0 Å². The average Bonchev–Trinajstić information content (AvgIpc) is 2.24. The Balaban J connectivity index is 3.51. The van der Waals surface area contributed by atoms with Gasteiger partial charge < -0.3 is 9.47 Å². The second-order valence-corrected chi connectivity index (χ2v) is 3.35. The first-order valence-corrected chi connectivity index (χ1v) is 5.56. The maximum atomic E-state index is 11.0. The lowest BCUT2D eigenvalue weighted by atomic mass is 10.4. The van der Waals surface area contributed by atoms with Crippen LogP contribution in [0.25, 0.3) is 0 Å². The molecule has 96 valence electrons. The van der Waals surface area contributed by atoms with E-state index < -0.39 is 0 Å². The van der Waals surface area contributed by atoms with E-state index >= 15 is 0 Å². The summed E-state index contributed by atoms with van der Waals surface area (Å²) in [5.41, 5.74) is 0. The Morgan fingerprint density at radius 3 is 1.62 bits per heavy atom. The topological polar surface area (TPSA) is 57.0 Å². The first-order chi connectivity index (χ1) is 7.60. The van der Waals surface area contributed by atoms with Crippen molar-refractivity contribution >= 4 is 0 Å². The summed E-state index contributed by atoms with van der Waals surface area (Å²) >= 11 is 0. The highest BCUT2D eigenvalue weighted by atomic mass is 17.0. The predicted molar refractivity (Wildman–Crippen MR) is 57.7 cm³/mol. The van der Waals surface area contributed by atoms with Gasteiger partial charge in [0.05, 0.1) is 12.2 Å². The van der Waals surface area contributed by atoms with Gasteiger partial charge in [0, 0.05) is 13.2 Å². The fourth-order valence-corrected chi connectivity index (χ4v) is 1.03. The summed E-state index contributed by atoms with van der Waals surface area (Å²) < 4.78 is 10.4. The van der Waals surface area contributed by atoms with Crippen molar-refractivity contribution in [2.45, 2.75) is 39.9 Å². The number of hydrogen-bond donors (Lipinski definition) is 0. The molecule has 0 rings (SSSR count). The zero-order chi connectivity index (χ0) is 12.4. The van der Waals surface area contributed by atoms with Gasteiger partial charge in [0.15, 0.2) is 13.2 Å². The Labute approximate surface area is 96.3 Å². The fourth-order valence-electron chi connectivity index (χ4n) is 1.03.